The lowest BCUT2D eigenvalue weighted by molar-refractivity contribution is -0.119. The molecule has 7 nitrogen and oxygen atoms in total. The Morgan fingerprint density at radius 2 is 1.72 bits per heavy atom. The monoisotopic (exact) mass is 541 g/mol. The molecule has 6 rings (SSSR count). The van der Waals surface area contributed by atoms with Crippen LogP contribution in [0.15, 0.2) is 85.1 Å². The molecule has 8 heteroatoms. The van der Waals surface area contributed by atoms with Gasteiger partial charge in [0.1, 0.15) is 12.6 Å². The molecule has 0 saturated heterocycles. The van der Waals surface area contributed by atoms with Gasteiger partial charge in [-0.05, 0) is 66.6 Å². The van der Waals surface area contributed by atoms with Gasteiger partial charge < -0.3 is 18.9 Å². The van der Waals surface area contributed by atoms with E-state index in [9.17, 15) is 9.59 Å². The highest BCUT2D eigenvalue weighted by molar-refractivity contribution is 6.30. The highest BCUT2D eigenvalue weighted by Gasteiger charge is 2.37. The summed E-state index contributed by atoms with van der Waals surface area (Å²) in [5, 5.41) is 0.628. The zero-order valence-electron chi connectivity index (χ0n) is 21.5. The maximum atomic E-state index is 14.3. The number of unbranched alkanes of at least 4 members (excludes halogenated alkanes) is 1. The first-order chi connectivity index (χ1) is 19.0. The van der Waals surface area contributed by atoms with Gasteiger partial charge in [-0.15, -0.1) is 0 Å². The third kappa shape index (κ3) is 4.63. The Balaban J connectivity index is 1.37. The van der Waals surface area contributed by atoms with Crippen LogP contribution in [-0.2, 0) is 4.79 Å². The van der Waals surface area contributed by atoms with Crippen LogP contribution in [0.5, 0.6) is 11.5 Å². The first-order valence-electron chi connectivity index (χ1n) is 13.1. The Hall–Kier alpha value is -4.23. The van der Waals surface area contributed by atoms with Gasteiger partial charge in [-0.1, -0.05) is 49.2 Å². The molecule has 2 aliphatic rings. The van der Waals surface area contributed by atoms with Crippen molar-refractivity contribution in [2.24, 2.45) is 0 Å². The lowest BCUT2D eigenvalue weighted by atomic mass is 9.97. The molecule has 2 aliphatic heterocycles. The van der Waals surface area contributed by atoms with Crippen LogP contribution in [0.25, 0.3) is 5.69 Å². The van der Waals surface area contributed by atoms with Crippen molar-refractivity contribution in [2.75, 3.05) is 24.8 Å². The smallest absolute Gasteiger partial charge is 0.254 e. The van der Waals surface area contributed by atoms with Crippen LogP contribution in [0, 0.1) is 0 Å². The van der Waals surface area contributed by atoms with Gasteiger partial charge in [-0.25, -0.2) is 0 Å². The van der Waals surface area contributed by atoms with Crippen molar-refractivity contribution < 1.29 is 19.1 Å². The molecule has 0 fully saturated rings. The third-order valence-corrected chi connectivity index (χ3v) is 7.44. The number of aromatic nitrogens is 1. The van der Waals surface area contributed by atoms with Gasteiger partial charge in [0, 0.05) is 23.3 Å². The molecule has 3 aromatic carbocycles. The van der Waals surface area contributed by atoms with Gasteiger partial charge in [0.25, 0.3) is 5.91 Å². The van der Waals surface area contributed by atoms with E-state index in [-0.39, 0.29) is 31.2 Å². The summed E-state index contributed by atoms with van der Waals surface area (Å²) >= 11 is 6.21. The first-order valence-corrected chi connectivity index (χ1v) is 13.5. The second-order valence-electron chi connectivity index (χ2n) is 9.66. The van der Waals surface area contributed by atoms with E-state index in [1.165, 1.54) is 0 Å². The Kier molecular flexibility index (Phi) is 6.75. The number of carbonyl (C=O) groups is 2. The third-order valence-electron chi connectivity index (χ3n) is 7.19. The molecule has 0 radical (unpaired) electrons. The first kappa shape index (κ1) is 25.1. The number of nitrogens with zero attached hydrogens (tertiary/aromatic N) is 3. The summed E-state index contributed by atoms with van der Waals surface area (Å²) < 4.78 is 13.0. The Morgan fingerprint density at radius 3 is 2.51 bits per heavy atom. The normalized spacial score (nSPS) is 15.0. The van der Waals surface area contributed by atoms with Gasteiger partial charge in [0.2, 0.25) is 12.7 Å². The number of amides is 2. The summed E-state index contributed by atoms with van der Waals surface area (Å²) in [6.45, 7) is 2.60. The minimum Gasteiger partial charge on any atom is -0.454 e. The summed E-state index contributed by atoms with van der Waals surface area (Å²) in [6.07, 6.45) is 3.69. The summed E-state index contributed by atoms with van der Waals surface area (Å²) in [7, 11) is 0. The Bertz CT molecular complexity index is 1530. The maximum absolute atomic E-state index is 14.3. The number of halogens is 1. The molecular formula is C31H28ClN3O4. The minimum atomic E-state index is -0.381. The molecule has 39 heavy (non-hydrogen) atoms. The highest BCUT2D eigenvalue weighted by Crippen LogP contribution is 2.42. The van der Waals surface area contributed by atoms with E-state index in [1.54, 1.807) is 23.1 Å². The van der Waals surface area contributed by atoms with E-state index in [2.05, 4.69) is 11.5 Å². The average Bonchev–Trinajstić information content (AvgIpc) is 3.64. The van der Waals surface area contributed by atoms with Crippen molar-refractivity contribution in [3.05, 3.63) is 107 Å². The quantitative estimate of drug-likeness (QED) is 0.278. The summed E-state index contributed by atoms with van der Waals surface area (Å²) in [5.74, 6) is 0.768. The standard InChI is InChI=1S/C31H28ClN3O4/c1-2-3-16-33(31(37)22-12-15-27-28(18-22)39-20-38-27)19-29(36)35-25-8-5-4-7-24(25)34-17-6-9-26(34)30(35)21-10-13-23(32)14-11-21/h4-15,17-18,30H,2-3,16,19-20H2,1H3. The number of anilines is 1. The van der Waals surface area contributed by atoms with E-state index >= 15 is 0 Å². The van der Waals surface area contributed by atoms with Crippen LogP contribution in [-0.4, -0.2) is 41.2 Å². The number of hydrogen-bond donors (Lipinski definition) is 0. The van der Waals surface area contributed by atoms with Crippen molar-refractivity contribution >= 4 is 29.1 Å². The van der Waals surface area contributed by atoms with Crippen LogP contribution >= 0.6 is 11.6 Å². The lowest BCUT2D eigenvalue weighted by Crippen LogP contribution is -2.47. The Labute approximate surface area is 232 Å². The lowest BCUT2D eigenvalue weighted by Gasteiger charge is -2.39. The van der Waals surface area contributed by atoms with E-state index in [4.69, 9.17) is 21.1 Å². The van der Waals surface area contributed by atoms with Crippen LogP contribution < -0.4 is 14.4 Å². The van der Waals surface area contributed by atoms with Gasteiger partial charge in [-0.2, -0.15) is 0 Å². The highest BCUT2D eigenvalue weighted by atomic mass is 35.5. The number of carbonyl (C=O) groups excluding carboxylic acids is 2. The summed E-state index contributed by atoms with van der Waals surface area (Å²) in [6, 6.07) is 24.2. The molecule has 1 aromatic heterocycles. The van der Waals surface area contributed by atoms with E-state index < -0.39 is 0 Å². The van der Waals surface area contributed by atoms with Crippen molar-refractivity contribution in [3.8, 4) is 17.2 Å². The number of hydrogen-bond acceptors (Lipinski definition) is 4. The van der Waals surface area contributed by atoms with E-state index in [0.29, 0.717) is 28.6 Å². The van der Waals surface area contributed by atoms with Crippen molar-refractivity contribution in [1.29, 1.82) is 0 Å². The summed E-state index contributed by atoms with van der Waals surface area (Å²) in [4.78, 5) is 31.4. The van der Waals surface area contributed by atoms with Crippen molar-refractivity contribution in [3.63, 3.8) is 0 Å². The van der Waals surface area contributed by atoms with E-state index in [1.807, 2.05) is 71.8 Å². The second-order valence-corrected chi connectivity index (χ2v) is 10.1. The van der Waals surface area contributed by atoms with Crippen LogP contribution in [0.4, 0.5) is 5.69 Å². The second kappa shape index (κ2) is 10.5. The molecule has 0 spiro atoms. The van der Waals surface area contributed by atoms with E-state index in [0.717, 1.165) is 35.5 Å². The van der Waals surface area contributed by atoms with Gasteiger partial charge in [0.15, 0.2) is 11.5 Å². The predicted octanol–water partition coefficient (Wildman–Crippen LogP) is 6.24. The molecule has 4 aromatic rings. The van der Waals surface area contributed by atoms with Crippen LogP contribution in [0.3, 0.4) is 0 Å². The topological polar surface area (TPSA) is 64.0 Å². The number of para-hydroxylation sites is 2. The fourth-order valence-electron chi connectivity index (χ4n) is 5.28. The maximum Gasteiger partial charge on any atom is 0.254 e. The molecular weight excluding hydrogens is 514 g/mol. The predicted molar refractivity (Wildman–Crippen MR) is 150 cm³/mol. The van der Waals surface area contributed by atoms with Crippen molar-refractivity contribution in [2.45, 2.75) is 25.8 Å². The van der Waals surface area contributed by atoms with Gasteiger partial charge in [0.05, 0.1) is 17.1 Å². The molecule has 1 atom stereocenters. The number of ether oxygens (including phenoxy) is 2. The number of fused-ring (bicyclic) bond motifs is 4. The molecule has 0 bridgehead atoms. The molecule has 198 valence electrons. The summed E-state index contributed by atoms with van der Waals surface area (Å²) in [5.41, 5.74) is 4.07. The molecule has 0 aliphatic carbocycles. The largest absolute Gasteiger partial charge is 0.454 e. The number of benzene rings is 3. The average molecular weight is 542 g/mol. The number of rotatable bonds is 7. The van der Waals surface area contributed by atoms with Gasteiger partial charge >= 0.3 is 0 Å². The Morgan fingerprint density at radius 1 is 0.949 bits per heavy atom. The molecule has 0 N–H and O–H groups in total. The fraction of sp³-hybridized carbons (Fsp3) is 0.226. The zero-order valence-corrected chi connectivity index (χ0v) is 22.3. The van der Waals surface area contributed by atoms with Crippen molar-refractivity contribution in [1.82, 2.24) is 9.47 Å². The molecule has 3 heterocycles. The SMILES string of the molecule is CCCCN(CC(=O)N1c2ccccc2-n2cccc2C1c1ccc(Cl)cc1)C(=O)c1ccc2c(c1)OCO2. The zero-order chi connectivity index (χ0) is 26.9. The fourth-order valence-corrected chi connectivity index (χ4v) is 5.40. The van der Waals surface area contributed by atoms with Crippen LogP contribution in [0.2, 0.25) is 5.02 Å². The molecule has 1 unspecified atom stereocenters. The van der Waals surface area contributed by atoms with Crippen LogP contribution in [0.1, 0.15) is 47.4 Å². The molecule has 2 amide bonds. The minimum absolute atomic E-state index is 0.0631. The van der Waals surface area contributed by atoms with Gasteiger partial charge in [-0.3, -0.25) is 14.5 Å². The molecule has 0 saturated carbocycles.